The largest absolute Gasteiger partial charge is 0.322 e. The van der Waals surface area contributed by atoms with Crippen molar-refractivity contribution >= 4 is 23.2 Å². The van der Waals surface area contributed by atoms with Crippen LogP contribution in [0.1, 0.15) is 41.3 Å². The zero-order valence-corrected chi connectivity index (χ0v) is 15.6. The molecule has 0 aromatic heterocycles. The third-order valence-electron chi connectivity index (χ3n) is 4.95. The lowest BCUT2D eigenvalue weighted by atomic mass is 9.99. The molecule has 0 atom stereocenters. The van der Waals surface area contributed by atoms with Crippen LogP contribution in [0.25, 0.3) is 0 Å². The minimum Gasteiger partial charge on any atom is -0.322 e. The summed E-state index contributed by atoms with van der Waals surface area (Å²) in [5, 5.41) is 3.56. The quantitative estimate of drug-likeness (QED) is 0.823. The van der Waals surface area contributed by atoms with Gasteiger partial charge < -0.3 is 5.32 Å². The molecular weight excluding hydrogens is 332 g/mol. The second kappa shape index (κ2) is 8.03. The van der Waals surface area contributed by atoms with Gasteiger partial charge in [-0.05, 0) is 74.2 Å². The number of nitrogens with zero attached hydrogens (tertiary/aromatic N) is 1. The molecule has 0 radical (unpaired) electrons. The Morgan fingerprint density at radius 3 is 2.52 bits per heavy atom. The van der Waals surface area contributed by atoms with Crippen LogP contribution in [0.5, 0.6) is 0 Å². The smallest absolute Gasteiger partial charge is 0.255 e. The average Bonchev–Trinajstić information content (AvgIpc) is 2.61. The number of nitrogens with one attached hydrogen (secondary N) is 1. The zero-order chi connectivity index (χ0) is 17.8. The highest BCUT2D eigenvalue weighted by atomic mass is 35.5. The van der Waals surface area contributed by atoms with Gasteiger partial charge in [0.05, 0.1) is 0 Å². The van der Waals surface area contributed by atoms with Gasteiger partial charge in [-0.2, -0.15) is 0 Å². The second-order valence-electron chi connectivity index (χ2n) is 7.07. The molecule has 2 aromatic carbocycles. The van der Waals surface area contributed by atoms with Crippen molar-refractivity contribution in [2.75, 3.05) is 18.4 Å². The molecule has 1 N–H and O–H groups in total. The van der Waals surface area contributed by atoms with E-state index in [0.29, 0.717) is 10.6 Å². The molecule has 0 bridgehead atoms. The van der Waals surface area contributed by atoms with Gasteiger partial charge in [-0.3, -0.25) is 9.69 Å². The summed E-state index contributed by atoms with van der Waals surface area (Å²) in [5.74, 6) is 0.737. The number of amides is 1. The minimum atomic E-state index is -0.108. The summed E-state index contributed by atoms with van der Waals surface area (Å²) in [6, 6.07) is 13.4. The van der Waals surface area contributed by atoms with Crippen molar-refractivity contribution in [3.05, 3.63) is 64.2 Å². The van der Waals surface area contributed by atoms with Crippen LogP contribution in [0.15, 0.2) is 42.5 Å². The predicted molar refractivity (Wildman–Crippen MR) is 104 cm³/mol. The van der Waals surface area contributed by atoms with Crippen molar-refractivity contribution < 1.29 is 4.79 Å². The Labute approximate surface area is 155 Å². The van der Waals surface area contributed by atoms with E-state index in [1.54, 1.807) is 6.07 Å². The molecule has 0 unspecified atom stereocenters. The maximum absolute atomic E-state index is 12.5. The van der Waals surface area contributed by atoms with Crippen LogP contribution in [0.4, 0.5) is 5.69 Å². The molecule has 1 heterocycles. The van der Waals surface area contributed by atoms with E-state index in [1.165, 1.54) is 18.4 Å². The number of halogens is 1. The molecule has 0 spiro atoms. The zero-order valence-electron chi connectivity index (χ0n) is 14.9. The van der Waals surface area contributed by atoms with Gasteiger partial charge in [-0.1, -0.05) is 36.7 Å². The molecule has 1 aliphatic rings. The Kier molecular flexibility index (Phi) is 5.77. The van der Waals surface area contributed by atoms with Crippen LogP contribution >= 0.6 is 11.6 Å². The van der Waals surface area contributed by atoms with Crippen LogP contribution in [0.2, 0.25) is 5.02 Å². The molecule has 2 aromatic rings. The number of rotatable bonds is 4. The summed E-state index contributed by atoms with van der Waals surface area (Å²) < 4.78 is 0. The monoisotopic (exact) mass is 356 g/mol. The Morgan fingerprint density at radius 1 is 1.16 bits per heavy atom. The summed E-state index contributed by atoms with van der Waals surface area (Å²) in [6.07, 6.45) is 2.55. The van der Waals surface area contributed by atoms with E-state index in [0.717, 1.165) is 36.8 Å². The maximum atomic E-state index is 12.5. The van der Waals surface area contributed by atoms with Gasteiger partial charge in [0.15, 0.2) is 0 Å². The molecule has 1 amide bonds. The number of carbonyl (C=O) groups excluding carboxylic acids is 1. The molecule has 4 heteroatoms. The SMILES string of the molecule is Cc1ccc(Cl)cc1NC(=O)c1ccc(CN2CCC(C)CC2)cc1. The molecule has 1 aliphatic heterocycles. The fraction of sp³-hybridized carbons (Fsp3) is 0.381. The summed E-state index contributed by atoms with van der Waals surface area (Å²) in [6.45, 7) is 7.57. The summed E-state index contributed by atoms with van der Waals surface area (Å²) in [5.41, 5.74) is 3.66. The predicted octanol–water partition coefficient (Wildman–Crippen LogP) is 5.13. The third kappa shape index (κ3) is 4.83. The highest BCUT2D eigenvalue weighted by Crippen LogP contribution is 2.21. The highest BCUT2D eigenvalue weighted by Gasteiger charge is 2.16. The first kappa shape index (κ1) is 18.0. The van der Waals surface area contributed by atoms with Crippen molar-refractivity contribution in [2.45, 2.75) is 33.2 Å². The van der Waals surface area contributed by atoms with E-state index in [2.05, 4.69) is 29.3 Å². The van der Waals surface area contributed by atoms with Gasteiger partial charge in [-0.25, -0.2) is 0 Å². The fourth-order valence-corrected chi connectivity index (χ4v) is 3.34. The van der Waals surface area contributed by atoms with Crippen LogP contribution in [-0.2, 0) is 6.54 Å². The van der Waals surface area contributed by atoms with E-state index >= 15 is 0 Å². The molecular formula is C21H25ClN2O. The van der Waals surface area contributed by atoms with Gasteiger partial charge in [0, 0.05) is 22.8 Å². The molecule has 1 fully saturated rings. The van der Waals surface area contributed by atoms with Gasteiger partial charge in [-0.15, -0.1) is 0 Å². The first-order valence-electron chi connectivity index (χ1n) is 8.90. The van der Waals surface area contributed by atoms with Crippen molar-refractivity contribution in [2.24, 2.45) is 5.92 Å². The van der Waals surface area contributed by atoms with Crippen molar-refractivity contribution in [1.82, 2.24) is 4.90 Å². The summed E-state index contributed by atoms with van der Waals surface area (Å²) >= 11 is 6.01. The van der Waals surface area contributed by atoms with Crippen LogP contribution in [-0.4, -0.2) is 23.9 Å². The Morgan fingerprint density at radius 2 is 1.84 bits per heavy atom. The van der Waals surface area contributed by atoms with Crippen molar-refractivity contribution in [3.8, 4) is 0 Å². The van der Waals surface area contributed by atoms with Gasteiger partial charge in [0.2, 0.25) is 0 Å². The van der Waals surface area contributed by atoms with Crippen molar-refractivity contribution in [1.29, 1.82) is 0 Å². The second-order valence-corrected chi connectivity index (χ2v) is 7.51. The minimum absolute atomic E-state index is 0.108. The normalized spacial score (nSPS) is 16.0. The molecule has 0 aliphatic carbocycles. The Bertz CT molecular complexity index is 734. The topological polar surface area (TPSA) is 32.3 Å². The van der Waals surface area contributed by atoms with E-state index in [1.807, 2.05) is 31.2 Å². The third-order valence-corrected chi connectivity index (χ3v) is 5.18. The Balaban J connectivity index is 1.61. The number of carbonyl (C=O) groups is 1. The molecule has 132 valence electrons. The van der Waals surface area contributed by atoms with E-state index in [9.17, 15) is 4.79 Å². The number of anilines is 1. The van der Waals surface area contributed by atoms with Crippen molar-refractivity contribution in [3.63, 3.8) is 0 Å². The number of hydrogen-bond donors (Lipinski definition) is 1. The van der Waals surface area contributed by atoms with Crippen LogP contribution < -0.4 is 5.32 Å². The van der Waals surface area contributed by atoms with Gasteiger partial charge in [0.25, 0.3) is 5.91 Å². The summed E-state index contributed by atoms with van der Waals surface area (Å²) in [7, 11) is 0. The molecule has 3 nitrogen and oxygen atoms in total. The number of aryl methyl sites for hydroxylation is 1. The lowest BCUT2D eigenvalue weighted by Gasteiger charge is -2.30. The first-order chi connectivity index (χ1) is 12.0. The number of benzene rings is 2. The lowest BCUT2D eigenvalue weighted by Crippen LogP contribution is -2.32. The fourth-order valence-electron chi connectivity index (χ4n) is 3.16. The average molecular weight is 357 g/mol. The maximum Gasteiger partial charge on any atom is 0.255 e. The van der Waals surface area contributed by atoms with E-state index < -0.39 is 0 Å². The summed E-state index contributed by atoms with van der Waals surface area (Å²) in [4.78, 5) is 14.9. The molecule has 0 saturated carbocycles. The first-order valence-corrected chi connectivity index (χ1v) is 9.28. The molecule has 25 heavy (non-hydrogen) atoms. The van der Waals surface area contributed by atoms with Gasteiger partial charge >= 0.3 is 0 Å². The molecule has 3 rings (SSSR count). The van der Waals surface area contributed by atoms with Crippen LogP contribution in [0.3, 0.4) is 0 Å². The van der Waals surface area contributed by atoms with E-state index in [4.69, 9.17) is 11.6 Å². The lowest BCUT2D eigenvalue weighted by molar-refractivity contribution is 0.102. The van der Waals surface area contributed by atoms with Crippen LogP contribution in [0, 0.1) is 12.8 Å². The standard InChI is InChI=1S/C21H25ClN2O/c1-15-9-11-24(12-10-15)14-17-4-6-18(7-5-17)21(25)23-20-13-19(22)8-3-16(20)2/h3-8,13,15H,9-12,14H2,1-2H3,(H,23,25). The number of likely N-dealkylation sites (tertiary alicyclic amines) is 1. The number of piperidine rings is 1. The Hall–Kier alpha value is -1.84. The van der Waals surface area contributed by atoms with E-state index in [-0.39, 0.29) is 5.91 Å². The van der Waals surface area contributed by atoms with Gasteiger partial charge in [0.1, 0.15) is 0 Å². The number of hydrogen-bond acceptors (Lipinski definition) is 2. The molecule has 1 saturated heterocycles. The highest BCUT2D eigenvalue weighted by molar-refractivity contribution is 6.31.